The molecule has 0 saturated heterocycles. The third-order valence-electron chi connectivity index (χ3n) is 3.70. The van der Waals surface area contributed by atoms with Crippen LogP contribution in [0.4, 0.5) is 13.2 Å². The van der Waals surface area contributed by atoms with Crippen LogP contribution < -0.4 is 4.74 Å². The van der Waals surface area contributed by atoms with Crippen LogP contribution in [0.2, 0.25) is 0 Å². The molecule has 0 atom stereocenters. The Bertz CT molecular complexity index is 893. The van der Waals surface area contributed by atoms with Gasteiger partial charge in [-0.15, -0.1) is 0 Å². The van der Waals surface area contributed by atoms with Crippen LogP contribution in [0.3, 0.4) is 0 Å². The highest BCUT2D eigenvalue weighted by molar-refractivity contribution is 5.72. The van der Waals surface area contributed by atoms with Gasteiger partial charge in [0.15, 0.2) is 0 Å². The summed E-state index contributed by atoms with van der Waals surface area (Å²) in [5.41, 5.74) is 0.0798. The first-order valence-electron chi connectivity index (χ1n) is 7.40. The van der Waals surface area contributed by atoms with E-state index in [1.165, 1.54) is 25.3 Å². The summed E-state index contributed by atoms with van der Waals surface area (Å²) in [4.78, 5) is 4.31. The minimum atomic E-state index is -4.53. The van der Waals surface area contributed by atoms with E-state index in [-0.39, 0.29) is 22.7 Å². The Kier molecular flexibility index (Phi) is 4.35. The van der Waals surface area contributed by atoms with E-state index in [1.807, 2.05) is 0 Å². The fourth-order valence-electron chi connectivity index (χ4n) is 2.44. The molecule has 0 bridgehead atoms. The number of methoxy groups -OCH3 is 1. The molecule has 6 heteroatoms. The summed E-state index contributed by atoms with van der Waals surface area (Å²) in [5, 5.41) is 10.1. The van der Waals surface area contributed by atoms with Gasteiger partial charge in [-0.25, -0.2) is 4.98 Å². The molecule has 0 aliphatic rings. The zero-order valence-corrected chi connectivity index (χ0v) is 13.2. The van der Waals surface area contributed by atoms with Crippen molar-refractivity contribution >= 4 is 0 Å². The van der Waals surface area contributed by atoms with E-state index in [2.05, 4.69) is 4.98 Å². The fraction of sp³-hybridized carbons (Fsp3) is 0.105. The van der Waals surface area contributed by atoms with Gasteiger partial charge in [-0.3, -0.25) is 0 Å². The Morgan fingerprint density at radius 3 is 2.24 bits per heavy atom. The largest absolute Gasteiger partial charge is 0.507 e. The number of halogens is 3. The smallest absolute Gasteiger partial charge is 0.416 e. The average Bonchev–Trinajstić information content (AvgIpc) is 2.62. The number of alkyl halides is 3. The fourth-order valence-corrected chi connectivity index (χ4v) is 2.44. The van der Waals surface area contributed by atoms with Crippen LogP contribution in [0.1, 0.15) is 5.56 Å². The molecule has 2 aromatic carbocycles. The highest BCUT2D eigenvalue weighted by Crippen LogP contribution is 2.37. The van der Waals surface area contributed by atoms with Crippen molar-refractivity contribution in [2.75, 3.05) is 7.11 Å². The molecule has 1 aromatic heterocycles. The highest BCUT2D eigenvalue weighted by Gasteiger charge is 2.32. The molecule has 128 valence electrons. The van der Waals surface area contributed by atoms with Crippen LogP contribution in [0.15, 0.2) is 60.7 Å². The van der Waals surface area contributed by atoms with Crippen LogP contribution in [0.25, 0.3) is 22.5 Å². The van der Waals surface area contributed by atoms with E-state index >= 15 is 0 Å². The minimum absolute atomic E-state index is 0.0186. The third kappa shape index (κ3) is 3.57. The standard InChI is InChI=1S/C19H14F3NO2/c1-25-14-7-8-18(24)15(11-14)17-10-13(19(20,21)22)9-16(23-17)12-5-3-2-4-6-12/h2-11,24H,1H3. The van der Waals surface area contributed by atoms with Crippen molar-refractivity contribution in [3.05, 3.63) is 66.2 Å². The molecule has 0 spiro atoms. The van der Waals surface area contributed by atoms with Gasteiger partial charge in [-0.05, 0) is 30.3 Å². The number of pyridine rings is 1. The number of hydrogen-bond acceptors (Lipinski definition) is 3. The van der Waals surface area contributed by atoms with Crippen LogP contribution in [-0.4, -0.2) is 17.2 Å². The predicted octanol–water partition coefficient (Wildman–Crippen LogP) is 5.15. The van der Waals surface area contributed by atoms with Crippen LogP contribution in [-0.2, 0) is 6.18 Å². The number of hydrogen-bond donors (Lipinski definition) is 1. The van der Waals surface area contributed by atoms with Crippen molar-refractivity contribution in [3.63, 3.8) is 0 Å². The number of ether oxygens (including phenoxy) is 1. The molecule has 0 fully saturated rings. The summed E-state index contributed by atoms with van der Waals surface area (Å²) in [6.45, 7) is 0. The van der Waals surface area contributed by atoms with Gasteiger partial charge in [0.05, 0.1) is 24.1 Å². The van der Waals surface area contributed by atoms with E-state index in [9.17, 15) is 18.3 Å². The molecule has 25 heavy (non-hydrogen) atoms. The lowest BCUT2D eigenvalue weighted by atomic mass is 10.0. The quantitative estimate of drug-likeness (QED) is 0.714. The summed E-state index contributed by atoms with van der Waals surface area (Å²) in [5.74, 6) is 0.236. The maximum atomic E-state index is 13.3. The lowest BCUT2D eigenvalue weighted by molar-refractivity contribution is -0.137. The molecule has 0 saturated carbocycles. The number of aromatic nitrogens is 1. The van der Waals surface area contributed by atoms with Gasteiger partial charge in [0.1, 0.15) is 11.5 Å². The molecule has 3 aromatic rings. The number of rotatable bonds is 3. The molecule has 3 nitrogen and oxygen atoms in total. The zero-order valence-electron chi connectivity index (χ0n) is 13.2. The first-order chi connectivity index (χ1) is 11.9. The summed E-state index contributed by atoms with van der Waals surface area (Å²) >= 11 is 0. The number of aromatic hydroxyl groups is 1. The van der Waals surface area contributed by atoms with Gasteiger partial charge in [-0.2, -0.15) is 13.2 Å². The Hall–Kier alpha value is -3.02. The predicted molar refractivity (Wildman–Crippen MR) is 88.3 cm³/mol. The zero-order chi connectivity index (χ0) is 18.0. The third-order valence-corrected chi connectivity index (χ3v) is 3.70. The molecular weight excluding hydrogens is 331 g/mol. The van der Waals surface area contributed by atoms with Crippen molar-refractivity contribution in [1.82, 2.24) is 4.98 Å². The van der Waals surface area contributed by atoms with Crippen molar-refractivity contribution in [2.24, 2.45) is 0 Å². The van der Waals surface area contributed by atoms with Crippen molar-refractivity contribution in [3.8, 4) is 34.0 Å². The minimum Gasteiger partial charge on any atom is -0.507 e. The number of phenolic OH excluding ortho intramolecular Hbond substituents is 1. The summed E-state index contributed by atoms with van der Waals surface area (Å²) < 4.78 is 45.0. The van der Waals surface area contributed by atoms with E-state index in [0.717, 1.165) is 12.1 Å². The molecule has 0 radical (unpaired) electrons. The van der Waals surface area contributed by atoms with Crippen LogP contribution in [0, 0.1) is 0 Å². The van der Waals surface area contributed by atoms with E-state index < -0.39 is 11.7 Å². The molecular formula is C19H14F3NO2. The van der Waals surface area contributed by atoms with Crippen molar-refractivity contribution in [1.29, 1.82) is 0 Å². The summed E-state index contributed by atoms with van der Waals surface area (Å²) in [6, 6.07) is 14.8. The Balaban J connectivity index is 2.23. The highest BCUT2D eigenvalue weighted by atomic mass is 19.4. The molecule has 0 aliphatic carbocycles. The van der Waals surface area contributed by atoms with Gasteiger partial charge in [0, 0.05) is 11.1 Å². The first kappa shape index (κ1) is 16.8. The van der Waals surface area contributed by atoms with E-state index in [0.29, 0.717) is 11.3 Å². The maximum Gasteiger partial charge on any atom is 0.416 e. The molecule has 0 aliphatic heterocycles. The van der Waals surface area contributed by atoms with E-state index in [1.54, 1.807) is 30.3 Å². The second-order valence-corrected chi connectivity index (χ2v) is 5.37. The van der Waals surface area contributed by atoms with Gasteiger partial charge in [-0.1, -0.05) is 30.3 Å². The Morgan fingerprint density at radius 1 is 0.920 bits per heavy atom. The Morgan fingerprint density at radius 2 is 1.60 bits per heavy atom. The molecule has 0 unspecified atom stereocenters. The Labute approximate surface area is 142 Å². The van der Waals surface area contributed by atoms with E-state index in [4.69, 9.17) is 4.74 Å². The lowest BCUT2D eigenvalue weighted by Crippen LogP contribution is -2.06. The average molecular weight is 345 g/mol. The SMILES string of the molecule is COc1ccc(O)c(-c2cc(C(F)(F)F)cc(-c3ccccc3)n2)c1. The summed E-state index contributed by atoms with van der Waals surface area (Å²) in [7, 11) is 1.44. The van der Waals surface area contributed by atoms with Gasteiger partial charge in [0.2, 0.25) is 0 Å². The molecule has 0 amide bonds. The number of nitrogens with zero attached hydrogens (tertiary/aromatic N) is 1. The van der Waals surface area contributed by atoms with Gasteiger partial charge >= 0.3 is 6.18 Å². The van der Waals surface area contributed by atoms with Crippen molar-refractivity contribution in [2.45, 2.75) is 6.18 Å². The monoisotopic (exact) mass is 345 g/mol. The topological polar surface area (TPSA) is 42.4 Å². The summed E-state index contributed by atoms with van der Waals surface area (Å²) in [6.07, 6.45) is -4.53. The van der Waals surface area contributed by atoms with Crippen LogP contribution in [0.5, 0.6) is 11.5 Å². The number of phenols is 1. The normalized spacial score (nSPS) is 11.4. The first-order valence-corrected chi connectivity index (χ1v) is 7.40. The second-order valence-electron chi connectivity index (χ2n) is 5.37. The van der Waals surface area contributed by atoms with Gasteiger partial charge < -0.3 is 9.84 Å². The molecule has 1 heterocycles. The molecule has 1 N–H and O–H groups in total. The number of benzene rings is 2. The molecule has 3 rings (SSSR count). The second kappa shape index (κ2) is 6.47. The van der Waals surface area contributed by atoms with Crippen LogP contribution >= 0.6 is 0 Å². The van der Waals surface area contributed by atoms with Crippen molar-refractivity contribution < 1.29 is 23.0 Å². The van der Waals surface area contributed by atoms with Gasteiger partial charge in [0.25, 0.3) is 0 Å². The lowest BCUT2D eigenvalue weighted by Gasteiger charge is -2.13. The maximum absolute atomic E-state index is 13.3.